The molecule has 1 heterocycles. The lowest BCUT2D eigenvalue weighted by atomic mass is 10.4. The molecule has 0 spiro atoms. The molecule has 1 aromatic carbocycles. The molecule has 0 bridgehead atoms. The van der Waals surface area contributed by atoms with Crippen molar-refractivity contribution < 1.29 is 22.7 Å². The van der Waals surface area contributed by atoms with Crippen LogP contribution in [0.5, 0.6) is 5.88 Å². The number of aromatic nitrogens is 2. The van der Waals surface area contributed by atoms with Crippen molar-refractivity contribution in [2.45, 2.75) is 9.92 Å². The largest absolute Gasteiger partial charge is 0.453 e. The fourth-order valence-corrected chi connectivity index (χ4v) is 2.69. The Bertz CT molecular complexity index is 653. The highest BCUT2D eigenvalue weighted by Crippen LogP contribution is 2.24. The summed E-state index contributed by atoms with van der Waals surface area (Å²) in [6.07, 6.45) is 0. The average molecular weight is 285 g/mol. The fourth-order valence-electron chi connectivity index (χ4n) is 1.40. The first-order chi connectivity index (χ1) is 9.07. The van der Waals surface area contributed by atoms with Crippen LogP contribution in [0.3, 0.4) is 0 Å². The molecule has 0 saturated heterocycles. The van der Waals surface area contributed by atoms with E-state index in [2.05, 4.69) is 9.79 Å². The zero-order chi connectivity index (χ0) is 13.9. The Morgan fingerprint density at radius 1 is 1.37 bits per heavy atom. The molecule has 102 valence electrons. The Hall–Kier alpha value is -2.13. The van der Waals surface area contributed by atoms with E-state index in [-0.39, 0.29) is 23.0 Å². The van der Waals surface area contributed by atoms with Crippen molar-refractivity contribution in [1.29, 1.82) is 0 Å². The van der Waals surface area contributed by atoms with E-state index in [0.717, 1.165) is 0 Å². The Morgan fingerprint density at radius 3 is 2.68 bits per heavy atom. The van der Waals surface area contributed by atoms with Crippen LogP contribution in [0, 0.1) is 5.21 Å². The number of nitrogens with zero attached hydrogens (tertiary/aromatic N) is 2. The van der Waals surface area contributed by atoms with Gasteiger partial charge in [0.15, 0.2) is 0 Å². The van der Waals surface area contributed by atoms with Gasteiger partial charge in [-0.2, -0.15) is 0 Å². The molecule has 0 radical (unpaired) electrons. The zero-order valence-electron chi connectivity index (χ0n) is 9.72. The number of rotatable bonds is 5. The van der Waals surface area contributed by atoms with E-state index in [0.29, 0.717) is 0 Å². The number of hydrogen-bond donors (Lipinski definition) is 1. The predicted molar refractivity (Wildman–Crippen MR) is 61.9 cm³/mol. The molecule has 2 rings (SSSR count). The Balaban J connectivity index is 2.49. The lowest BCUT2D eigenvalue weighted by Gasteiger charge is -2.02. The topological polar surface area (TPSA) is 122 Å². The summed E-state index contributed by atoms with van der Waals surface area (Å²) in [6.45, 7) is 0.167. The summed E-state index contributed by atoms with van der Waals surface area (Å²) in [5.41, 5.74) is 5.24. The first-order valence-corrected chi connectivity index (χ1v) is 6.78. The number of benzene rings is 1. The molecule has 9 heteroatoms. The lowest BCUT2D eigenvalue weighted by molar-refractivity contribution is -0.832. The van der Waals surface area contributed by atoms with E-state index in [1.807, 2.05) is 0 Å². The van der Waals surface area contributed by atoms with Gasteiger partial charge in [0.1, 0.15) is 6.61 Å². The minimum atomic E-state index is -4.06. The fraction of sp³-hybridized carbons (Fsp3) is 0.200. The van der Waals surface area contributed by atoms with Crippen LogP contribution in [-0.2, 0) is 9.84 Å². The molecular weight excluding hydrogens is 274 g/mol. The third kappa shape index (κ3) is 2.51. The van der Waals surface area contributed by atoms with Crippen LogP contribution in [0.2, 0.25) is 0 Å². The van der Waals surface area contributed by atoms with Gasteiger partial charge in [-0.05, 0) is 17.0 Å². The van der Waals surface area contributed by atoms with Gasteiger partial charge < -0.3 is 15.7 Å². The van der Waals surface area contributed by atoms with Gasteiger partial charge in [-0.25, -0.2) is 8.42 Å². The molecule has 0 fully saturated rings. The molecule has 0 unspecified atom stereocenters. The van der Waals surface area contributed by atoms with E-state index < -0.39 is 20.7 Å². The maximum atomic E-state index is 12.3. The van der Waals surface area contributed by atoms with E-state index >= 15 is 0 Å². The van der Waals surface area contributed by atoms with Gasteiger partial charge in [-0.1, -0.05) is 18.2 Å². The Morgan fingerprint density at radius 2 is 2.05 bits per heavy atom. The number of hydrogen-bond acceptors (Lipinski definition) is 7. The molecular formula is C10H11N3O5S. The molecule has 2 N–H and O–H groups in total. The van der Waals surface area contributed by atoms with Crippen molar-refractivity contribution >= 4 is 9.84 Å². The van der Waals surface area contributed by atoms with Crippen LogP contribution in [0.4, 0.5) is 0 Å². The van der Waals surface area contributed by atoms with Gasteiger partial charge in [0, 0.05) is 6.54 Å². The first kappa shape index (κ1) is 13.3. The maximum absolute atomic E-state index is 12.3. The molecule has 0 aliphatic rings. The minimum absolute atomic E-state index is 0.0177. The molecule has 0 saturated carbocycles. The second-order valence-corrected chi connectivity index (χ2v) is 5.36. The molecule has 2 aromatic rings. The van der Waals surface area contributed by atoms with Crippen LogP contribution in [0.25, 0.3) is 0 Å². The SMILES string of the molecule is NCCOc1no[n+]([O-])c1S(=O)(=O)c1ccccc1. The number of nitrogens with two attached hydrogens (primary N) is 1. The van der Waals surface area contributed by atoms with Crippen molar-refractivity contribution in [3.8, 4) is 5.88 Å². The van der Waals surface area contributed by atoms with Crippen LogP contribution < -0.4 is 15.4 Å². The molecule has 0 amide bonds. The normalized spacial score (nSPS) is 11.4. The van der Waals surface area contributed by atoms with Crippen molar-refractivity contribution in [2.24, 2.45) is 5.73 Å². The smallest absolute Gasteiger partial charge is 0.415 e. The third-order valence-electron chi connectivity index (χ3n) is 2.21. The molecule has 19 heavy (non-hydrogen) atoms. The van der Waals surface area contributed by atoms with Crippen LogP contribution >= 0.6 is 0 Å². The highest BCUT2D eigenvalue weighted by atomic mass is 32.2. The van der Waals surface area contributed by atoms with Crippen molar-refractivity contribution in [2.75, 3.05) is 13.2 Å². The van der Waals surface area contributed by atoms with Crippen molar-refractivity contribution in [1.82, 2.24) is 5.16 Å². The molecule has 0 aliphatic carbocycles. The second kappa shape index (κ2) is 5.24. The van der Waals surface area contributed by atoms with Crippen molar-refractivity contribution in [3.05, 3.63) is 35.5 Å². The maximum Gasteiger partial charge on any atom is 0.415 e. The second-order valence-electron chi connectivity index (χ2n) is 3.49. The Labute approximate surface area is 108 Å². The summed E-state index contributed by atoms with van der Waals surface area (Å²) in [5, 5.41) is 14.0. The van der Waals surface area contributed by atoms with Crippen LogP contribution in [0.15, 0.2) is 44.9 Å². The first-order valence-electron chi connectivity index (χ1n) is 5.30. The highest BCUT2D eigenvalue weighted by Gasteiger charge is 2.35. The van der Waals surface area contributed by atoms with Gasteiger partial charge in [-0.3, -0.25) is 4.63 Å². The lowest BCUT2D eigenvalue weighted by Crippen LogP contribution is -2.31. The quantitative estimate of drug-likeness (QED) is 0.733. The number of ether oxygens (including phenoxy) is 1. The van der Waals surface area contributed by atoms with E-state index in [4.69, 9.17) is 10.5 Å². The zero-order valence-corrected chi connectivity index (χ0v) is 10.5. The molecule has 1 aromatic heterocycles. The van der Waals surface area contributed by atoms with E-state index in [1.54, 1.807) is 6.07 Å². The minimum Gasteiger partial charge on any atom is -0.453 e. The predicted octanol–water partition coefficient (Wildman–Crippen LogP) is -0.522. The number of sulfone groups is 1. The molecule has 8 nitrogen and oxygen atoms in total. The monoisotopic (exact) mass is 285 g/mol. The Kier molecular flexibility index (Phi) is 3.67. The van der Waals surface area contributed by atoms with Gasteiger partial charge in [0.2, 0.25) is 0 Å². The highest BCUT2D eigenvalue weighted by molar-refractivity contribution is 7.91. The van der Waals surface area contributed by atoms with Crippen LogP contribution in [0.1, 0.15) is 0 Å². The standard InChI is InChI=1S/C10H11N3O5S/c11-6-7-17-9-10(13(14)18-12-9)19(15,16)8-4-2-1-3-5-8/h1-5H,6-7,11H2. The van der Waals surface area contributed by atoms with Gasteiger partial charge in [-0.15, -0.1) is 0 Å². The van der Waals surface area contributed by atoms with Crippen molar-refractivity contribution in [3.63, 3.8) is 0 Å². The van der Waals surface area contributed by atoms with E-state index in [9.17, 15) is 13.6 Å². The summed E-state index contributed by atoms with van der Waals surface area (Å²) >= 11 is 0. The summed E-state index contributed by atoms with van der Waals surface area (Å²) < 4.78 is 33.8. The van der Waals surface area contributed by atoms with Gasteiger partial charge in [0.05, 0.1) is 10.1 Å². The average Bonchev–Trinajstić information content (AvgIpc) is 2.79. The third-order valence-corrected chi connectivity index (χ3v) is 3.94. The van der Waals surface area contributed by atoms with Gasteiger partial charge in [0.25, 0.3) is 9.84 Å². The summed E-state index contributed by atoms with van der Waals surface area (Å²) in [5.74, 6) is -0.399. The summed E-state index contributed by atoms with van der Waals surface area (Å²) in [4.78, 5) is -0.255. The molecule has 0 aliphatic heterocycles. The summed E-state index contributed by atoms with van der Waals surface area (Å²) in [6, 6.07) is 7.44. The van der Waals surface area contributed by atoms with Crippen LogP contribution in [-0.4, -0.2) is 26.7 Å². The molecule has 0 atom stereocenters. The van der Waals surface area contributed by atoms with Gasteiger partial charge >= 0.3 is 10.9 Å². The summed E-state index contributed by atoms with van der Waals surface area (Å²) in [7, 11) is -4.06. The van der Waals surface area contributed by atoms with E-state index in [1.165, 1.54) is 24.3 Å².